The number of carbonyl (C=O) groups is 2. The first-order valence-corrected chi connectivity index (χ1v) is 11.4. The van der Waals surface area contributed by atoms with Crippen molar-refractivity contribution in [3.8, 4) is 0 Å². The summed E-state index contributed by atoms with van der Waals surface area (Å²) >= 11 is 0. The van der Waals surface area contributed by atoms with Crippen LogP contribution in [0.3, 0.4) is 0 Å². The Morgan fingerprint density at radius 3 is 2.48 bits per heavy atom. The number of amides is 2. The van der Waals surface area contributed by atoms with Crippen molar-refractivity contribution in [1.82, 2.24) is 19.7 Å². The highest BCUT2D eigenvalue weighted by Gasteiger charge is 2.42. The summed E-state index contributed by atoms with van der Waals surface area (Å²) in [6.07, 6.45) is -2.91. The molecule has 31 heavy (non-hydrogen) atoms. The summed E-state index contributed by atoms with van der Waals surface area (Å²) < 4.78 is 69.5. The summed E-state index contributed by atoms with van der Waals surface area (Å²) in [5.74, 6) is -1.78. The first kappa shape index (κ1) is 23.5. The monoisotopic (exact) mass is 466 g/mol. The minimum absolute atomic E-state index is 0.0221. The van der Waals surface area contributed by atoms with E-state index in [1.54, 1.807) is 0 Å². The van der Waals surface area contributed by atoms with Gasteiger partial charge < -0.3 is 14.7 Å². The lowest BCUT2D eigenvalue weighted by atomic mass is 9.97. The van der Waals surface area contributed by atoms with Crippen LogP contribution in [-0.4, -0.2) is 73.0 Å². The predicted octanol–water partition coefficient (Wildman–Crippen LogP) is 1.36. The summed E-state index contributed by atoms with van der Waals surface area (Å²) in [4.78, 5) is 26.6. The SMILES string of the molecule is Cc1noc(C)c1S(=O)(=O)N1CCCC(C(=O)N2CCCC2C(=O)NCC(F)(F)F)C1. The van der Waals surface area contributed by atoms with Crippen molar-refractivity contribution in [1.29, 1.82) is 0 Å². The predicted molar refractivity (Wildman–Crippen MR) is 101 cm³/mol. The molecule has 1 aromatic rings. The van der Waals surface area contributed by atoms with E-state index in [0.29, 0.717) is 19.3 Å². The Bertz CT molecular complexity index is 927. The molecule has 0 saturated carbocycles. The second-order valence-corrected chi connectivity index (χ2v) is 9.75. The molecule has 2 unspecified atom stereocenters. The van der Waals surface area contributed by atoms with Crippen molar-refractivity contribution in [2.24, 2.45) is 5.92 Å². The third kappa shape index (κ3) is 5.03. The fourth-order valence-electron chi connectivity index (χ4n) is 4.18. The summed E-state index contributed by atoms with van der Waals surface area (Å²) in [6.45, 7) is 1.95. The molecule has 2 aliphatic rings. The van der Waals surface area contributed by atoms with Crippen molar-refractivity contribution < 1.29 is 35.7 Å². The largest absolute Gasteiger partial charge is 0.405 e. The quantitative estimate of drug-likeness (QED) is 0.701. The highest BCUT2D eigenvalue weighted by molar-refractivity contribution is 7.89. The van der Waals surface area contributed by atoms with Crippen LogP contribution in [0, 0.1) is 19.8 Å². The molecular formula is C18H25F3N4O5S. The number of hydrogen-bond acceptors (Lipinski definition) is 6. The van der Waals surface area contributed by atoms with E-state index in [1.807, 2.05) is 5.32 Å². The van der Waals surface area contributed by atoms with E-state index in [9.17, 15) is 31.2 Å². The van der Waals surface area contributed by atoms with Crippen molar-refractivity contribution >= 4 is 21.8 Å². The van der Waals surface area contributed by atoms with Crippen molar-refractivity contribution in [3.05, 3.63) is 11.5 Å². The minimum atomic E-state index is -4.54. The second-order valence-electron chi connectivity index (χ2n) is 7.88. The number of alkyl halides is 3. The number of carbonyl (C=O) groups excluding carboxylic acids is 2. The number of nitrogens with zero attached hydrogens (tertiary/aromatic N) is 3. The summed E-state index contributed by atoms with van der Waals surface area (Å²) in [5.41, 5.74) is 0.229. The Kier molecular flexibility index (Phi) is 6.65. The molecule has 2 saturated heterocycles. The molecule has 9 nitrogen and oxygen atoms in total. The van der Waals surface area contributed by atoms with Crippen molar-refractivity contribution in [3.63, 3.8) is 0 Å². The highest BCUT2D eigenvalue weighted by Crippen LogP contribution is 2.30. The number of likely N-dealkylation sites (tertiary alicyclic amines) is 1. The number of halogens is 3. The molecule has 1 aromatic heterocycles. The van der Waals surface area contributed by atoms with Crippen LogP contribution in [-0.2, 0) is 19.6 Å². The molecule has 13 heteroatoms. The van der Waals surface area contributed by atoms with E-state index in [1.165, 1.54) is 23.1 Å². The van der Waals surface area contributed by atoms with Gasteiger partial charge in [0.2, 0.25) is 21.8 Å². The third-order valence-electron chi connectivity index (χ3n) is 5.60. The number of hydrogen-bond donors (Lipinski definition) is 1. The lowest BCUT2D eigenvalue weighted by Crippen LogP contribution is -2.52. The molecule has 2 fully saturated rings. The lowest BCUT2D eigenvalue weighted by Gasteiger charge is -2.34. The van der Waals surface area contributed by atoms with E-state index in [4.69, 9.17) is 4.52 Å². The van der Waals surface area contributed by atoms with Crippen LogP contribution in [0.2, 0.25) is 0 Å². The van der Waals surface area contributed by atoms with Crippen LogP contribution in [0.15, 0.2) is 9.42 Å². The van der Waals surface area contributed by atoms with Gasteiger partial charge in [0.25, 0.3) is 0 Å². The molecule has 0 aromatic carbocycles. The minimum Gasteiger partial charge on any atom is -0.360 e. The first-order valence-electron chi connectivity index (χ1n) is 10.00. The molecule has 0 spiro atoms. The molecule has 1 N–H and O–H groups in total. The van der Waals surface area contributed by atoms with Crippen LogP contribution < -0.4 is 5.32 Å². The molecule has 174 valence electrons. The zero-order valence-electron chi connectivity index (χ0n) is 17.2. The van der Waals surface area contributed by atoms with Gasteiger partial charge in [-0.2, -0.15) is 17.5 Å². The Labute approximate surface area is 178 Å². The van der Waals surface area contributed by atoms with Gasteiger partial charge in [-0.05, 0) is 39.5 Å². The number of aromatic nitrogens is 1. The number of rotatable bonds is 5. The zero-order valence-corrected chi connectivity index (χ0v) is 18.1. The van der Waals surface area contributed by atoms with Gasteiger partial charge in [0.05, 0.1) is 5.92 Å². The standard InChI is InChI=1S/C18H25F3N4O5S/c1-11-15(12(2)30-23-11)31(28,29)24-7-3-5-13(9-24)17(27)25-8-4-6-14(25)16(26)22-10-18(19,20)21/h13-14H,3-10H2,1-2H3,(H,22,26). The van der Waals surface area contributed by atoms with Gasteiger partial charge in [-0.15, -0.1) is 0 Å². The molecule has 2 aliphatic heterocycles. The van der Waals surface area contributed by atoms with Crippen LogP contribution in [0.1, 0.15) is 37.1 Å². The average Bonchev–Trinajstić information content (AvgIpc) is 3.32. The van der Waals surface area contributed by atoms with Crippen LogP contribution >= 0.6 is 0 Å². The first-order chi connectivity index (χ1) is 14.4. The number of nitrogens with one attached hydrogen (secondary N) is 1. The smallest absolute Gasteiger partial charge is 0.360 e. The van der Waals surface area contributed by atoms with Gasteiger partial charge in [0.1, 0.15) is 23.2 Å². The third-order valence-corrected chi connectivity index (χ3v) is 7.71. The molecule has 3 heterocycles. The van der Waals surface area contributed by atoms with E-state index >= 15 is 0 Å². The Morgan fingerprint density at radius 2 is 1.87 bits per heavy atom. The lowest BCUT2D eigenvalue weighted by molar-refractivity contribution is -0.146. The van der Waals surface area contributed by atoms with Gasteiger partial charge >= 0.3 is 6.18 Å². The second kappa shape index (κ2) is 8.77. The van der Waals surface area contributed by atoms with E-state index in [2.05, 4.69) is 5.16 Å². The molecule has 3 rings (SSSR count). The highest BCUT2D eigenvalue weighted by atomic mass is 32.2. The van der Waals surface area contributed by atoms with Crippen LogP contribution in [0.4, 0.5) is 13.2 Å². The van der Waals surface area contributed by atoms with Gasteiger partial charge in [-0.1, -0.05) is 5.16 Å². The molecule has 0 bridgehead atoms. The van der Waals surface area contributed by atoms with Gasteiger partial charge in [0, 0.05) is 19.6 Å². The molecule has 2 amide bonds. The molecular weight excluding hydrogens is 441 g/mol. The topological polar surface area (TPSA) is 113 Å². The number of aryl methyl sites for hydroxylation is 2. The van der Waals surface area contributed by atoms with Crippen molar-refractivity contribution in [2.45, 2.75) is 56.6 Å². The maximum Gasteiger partial charge on any atom is 0.405 e. The maximum absolute atomic E-state index is 13.1. The van der Waals surface area contributed by atoms with Crippen LogP contribution in [0.5, 0.6) is 0 Å². The maximum atomic E-state index is 13.1. The molecule has 2 atom stereocenters. The Hall–Kier alpha value is -2.15. The Balaban J connectivity index is 1.71. The van der Waals surface area contributed by atoms with Crippen LogP contribution in [0.25, 0.3) is 0 Å². The van der Waals surface area contributed by atoms with Gasteiger partial charge in [-0.3, -0.25) is 9.59 Å². The summed E-state index contributed by atoms with van der Waals surface area (Å²) in [6, 6.07) is -0.982. The average molecular weight is 466 g/mol. The van der Waals surface area contributed by atoms with E-state index in [0.717, 1.165) is 0 Å². The number of sulfonamides is 1. The van der Waals surface area contributed by atoms with Gasteiger partial charge in [-0.25, -0.2) is 8.42 Å². The van der Waals surface area contributed by atoms with Crippen molar-refractivity contribution in [2.75, 3.05) is 26.2 Å². The normalized spacial score (nSPS) is 23.2. The summed E-state index contributed by atoms with van der Waals surface area (Å²) in [7, 11) is -3.92. The fraction of sp³-hybridized carbons (Fsp3) is 0.722. The zero-order chi connectivity index (χ0) is 23.0. The number of piperidine rings is 1. The molecule has 0 aliphatic carbocycles. The summed E-state index contributed by atoms with van der Waals surface area (Å²) in [5, 5.41) is 5.51. The van der Waals surface area contributed by atoms with E-state index < -0.39 is 46.5 Å². The fourth-order valence-corrected chi connectivity index (χ4v) is 5.99. The molecule has 0 radical (unpaired) electrons. The van der Waals surface area contributed by atoms with Gasteiger partial charge in [0.15, 0.2) is 5.76 Å². The van der Waals surface area contributed by atoms with E-state index in [-0.39, 0.29) is 42.4 Å². The Morgan fingerprint density at radius 1 is 1.19 bits per heavy atom.